The molecule has 1 aliphatic heterocycles. The number of rotatable bonds is 7. The summed E-state index contributed by atoms with van der Waals surface area (Å²) in [7, 11) is -1.48. The van der Waals surface area contributed by atoms with Crippen LogP contribution >= 0.6 is 11.6 Å². The Morgan fingerprint density at radius 3 is 2.80 bits per heavy atom. The van der Waals surface area contributed by atoms with Gasteiger partial charge in [-0.25, -0.2) is 8.42 Å². The number of benzene rings is 1. The van der Waals surface area contributed by atoms with E-state index in [1.54, 1.807) is 36.3 Å². The third-order valence-corrected chi connectivity index (χ3v) is 6.27. The molecule has 1 unspecified atom stereocenters. The first-order valence-corrected chi connectivity index (χ1v) is 10.6. The van der Waals surface area contributed by atoms with Crippen LogP contribution in [0.2, 0.25) is 5.02 Å². The Bertz CT molecular complexity index is 745. The molecule has 1 aromatic rings. The van der Waals surface area contributed by atoms with Crippen molar-refractivity contribution in [2.45, 2.75) is 32.2 Å². The van der Waals surface area contributed by atoms with Crippen molar-refractivity contribution >= 4 is 33.4 Å². The van der Waals surface area contributed by atoms with E-state index in [2.05, 4.69) is 0 Å². The standard InChI is InChI=1S/C18H24ClNO4S/c1-3-4-10-20(16-9-11-25(22,23)13-16)18(21)8-5-14-12-15(19)6-7-17(14)24-2/h5-8,12,16H,3-4,9-11,13H2,1-2H3. The molecule has 138 valence electrons. The van der Waals surface area contributed by atoms with Gasteiger partial charge >= 0.3 is 0 Å². The average Bonchev–Trinajstić information content (AvgIpc) is 2.93. The van der Waals surface area contributed by atoms with Crippen molar-refractivity contribution in [1.82, 2.24) is 4.90 Å². The summed E-state index contributed by atoms with van der Waals surface area (Å²) in [4.78, 5) is 14.4. The van der Waals surface area contributed by atoms with E-state index in [1.165, 1.54) is 6.08 Å². The number of methoxy groups -OCH3 is 1. The molecule has 0 aliphatic carbocycles. The fourth-order valence-corrected chi connectivity index (χ4v) is 4.83. The van der Waals surface area contributed by atoms with Crippen LogP contribution in [0.4, 0.5) is 0 Å². The molecule has 0 spiro atoms. The van der Waals surface area contributed by atoms with Crippen LogP contribution in [0.1, 0.15) is 31.7 Å². The zero-order valence-electron chi connectivity index (χ0n) is 14.6. The molecule has 7 heteroatoms. The van der Waals surface area contributed by atoms with Gasteiger partial charge < -0.3 is 9.64 Å². The zero-order chi connectivity index (χ0) is 18.4. The molecule has 25 heavy (non-hydrogen) atoms. The van der Waals surface area contributed by atoms with Crippen LogP contribution in [0.25, 0.3) is 6.08 Å². The highest BCUT2D eigenvalue weighted by atomic mass is 35.5. The number of amides is 1. The van der Waals surface area contributed by atoms with Gasteiger partial charge in [0.25, 0.3) is 0 Å². The quantitative estimate of drug-likeness (QED) is 0.676. The van der Waals surface area contributed by atoms with Gasteiger partial charge in [0.1, 0.15) is 5.75 Å². The van der Waals surface area contributed by atoms with E-state index in [-0.39, 0.29) is 23.5 Å². The Morgan fingerprint density at radius 2 is 2.20 bits per heavy atom. The number of halogens is 1. The second kappa shape index (κ2) is 8.72. The molecule has 0 aromatic heterocycles. The highest BCUT2D eigenvalue weighted by molar-refractivity contribution is 7.91. The fraction of sp³-hybridized carbons (Fsp3) is 0.500. The number of sulfone groups is 1. The van der Waals surface area contributed by atoms with Gasteiger partial charge in [-0.1, -0.05) is 24.9 Å². The topological polar surface area (TPSA) is 63.7 Å². The van der Waals surface area contributed by atoms with E-state index in [0.29, 0.717) is 29.3 Å². The highest BCUT2D eigenvalue weighted by Crippen LogP contribution is 2.24. The number of unbranched alkanes of at least 4 members (excludes halogenated alkanes) is 1. The van der Waals surface area contributed by atoms with Crippen molar-refractivity contribution in [2.24, 2.45) is 0 Å². The van der Waals surface area contributed by atoms with Crippen LogP contribution in [-0.4, -0.2) is 50.4 Å². The van der Waals surface area contributed by atoms with Crippen LogP contribution in [0.15, 0.2) is 24.3 Å². The molecule has 1 heterocycles. The molecular weight excluding hydrogens is 362 g/mol. The maximum atomic E-state index is 12.7. The normalized spacial score (nSPS) is 19.2. The first-order valence-electron chi connectivity index (χ1n) is 8.39. The van der Waals surface area contributed by atoms with E-state index in [1.807, 2.05) is 6.92 Å². The molecule has 0 saturated carbocycles. The summed E-state index contributed by atoms with van der Waals surface area (Å²) in [6.07, 6.45) is 5.42. The van der Waals surface area contributed by atoms with Crippen LogP contribution in [0.5, 0.6) is 5.75 Å². The molecular formula is C18H24ClNO4S. The largest absolute Gasteiger partial charge is 0.496 e. The summed E-state index contributed by atoms with van der Waals surface area (Å²) in [6.45, 7) is 2.60. The molecule has 1 atom stereocenters. The first-order chi connectivity index (χ1) is 11.9. The van der Waals surface area contributed by atoms with E-state index in [4.69, 9.17) is 16.3 Å². The van der Waals surface area contributed by atoms with Gasteiger partial charge in [-0.15, -0.1) is 0 Å². The molecule has 0 N–H and O–H groups in total. The van der Waals surface area contributed by atoms with Crippen molar-refractivity contribution in [3.63, 3.8) is 0 Å². The Morgan fingerprint density at radius 1 is 1.44 bits per heavy atom. The second-order valence-electron chi connectivity index (χ2n) is 6.16. The number of carbonyl (C=O) groups excluding carboxylic acids is 1. The molecule has 1 aromatic carbocycles. The lowest BCUT2D eigenvalue weighted by atomic mass is 10.1. The molecule has 0 radical (unpaired) electrons. The third-order valence-electron chi connectivity index (χ3n) is 4.28. The lowest BCUT2D eigenvalue weighted by molar-refractivity contribution is -0.127. The van der Waals surface area contributed by atoms with Gasteiger partial charge in [0.2, 0.25) is 5.91 Å². The maximum absolute atomic E-state index is 12.7. The number of ether oxygens (including phenoxy) is 1. The fourth-order valence-electron chi connectivity index (χ4n) is 2.91. The van der Waals surface area contributed by atoms with E-state index < -0.39 is 9.84 Å². The van der Waals surface area contributed by atoms with Crippen molar-refractivity contribution in [1.29, 1.82) is 0 Å². The molecule has 1 amide bonds. The molecule has 1 aliphatic rings. The Kier molecular flexibility index (Phi) is 6.90. The minimum atomic E-state index is -3.04. The van der Waals surface area contributed by atoms with Crippen molar-refractivity contribution < 1.29 is 17.9 Å². The van der Waals surface area contributed by atoms with Crippen LogP contribution < -0.4 is 4.74 Å². The van der Waals surface area contributed by atoms with Crippen LogP contribution in [0, 0.1) is 0 Å². The van der Waals surface area contributed by atoms with Gasteiger partial charge in [-0.3, -0.25) is 4.79 Å². The lowest BCUT2D eigenvalue weighted by Crippen LogP contribution is -2.40. The van der Waals surface area contributed by atoms with Gasteiger partial charge in [0.15, 0.2) is 9.84 Å². The lowest BCUT2D eigenvalue weighted by Gasteiger charge is -2.27. The first kappa shape index (κ1) is 19.8. The van der Waals surface area contributed by atoms with Crippen LogP contribution in [-0.2, 0) is 14.6 Å². The summed E-state index contributed by atoms with van der Waals surface area (Å²) in [5.41, 5.74) is 0.706. The second-order valence-corrected chi connectivity index (χ2v) is 8.83. The van der Waals surface area contributed by atoms with Gasteiger partial charge in [0.05, 0.1) is 18.6 Å². The number of hydrogen-bond donors (Lipinski definition) is 0. The molecule has 5 nitrogen and oxygen atoms in total. The summed E-state index contributed by atoms with van der Waals surface area (Å²) in [5.74, 6) is 0.644. The smallest absolute Gasteiger partial charge is 0.246 e. The predicted molar refractivity (Wildman–Crippen MR) is 101 cm³/mol. The molecule has 0 bridgehead atoms. The zero-order valence-corrected chi connectivity index (χ0v) is 16.1. The van der Waals surface area contributed by atoms with E-state index in [9.17, 15) is 13.2 Å². The van der Waals surface area contributed by atoms with Crippen molar-refractivity contribution in [2.75, 3.05) is 25.2 Å². The summed E-state index contributed by atoms with van der Waals surface area (Å²) < 4.78 is 28.8. The summed E-state index contributed by atoms with van der Waals surface area (Å²) in [5, 5.41) is 0.553. The molecule has 1 fully saturated rings. The Labute approximate surface area is 154 Å². The highest BCUT2D eigenvalue weighted by Gasteiger charge is 2.33. The minimum Gasteiger partial charge on any atom is -0.496 e. The van der Waals surface area contributed by atoms with Gasteiger partial charge in [-0.2, -0.15) is 0 Å². The third kappa shape index (κ3) is 5.47. The molecule has 2 rings (SSSR count). The van der Waals surface area contributed by atoms with Crippen LogP contribution in [0.3, 0.4) is 0 Å². The number of carbonyl (C=O) groups is 1. The van der Waals surface area contributed by atoms with Gasteiger partial charge in [-0.05, 0) is 37.1 Å². The molecule has 1 saturated heterocycles. The monoisotopic (exact) mass is 385 g/mol. The average molecular weight is 386 g/mol. The SMILES string of the molecule is CCCCN(C(=O)C=Cc1cc(Cl)ccc1OC)C1CCS(=O)(=O)C1. The van der Waals surface area contributed by atoms with Crippen molar-refractivity contribution in [3.8, 4) is 5.75 Å². The maximum Gasteiger partial charge on any atom is 0.246 e. The summed E-state index contributed by atoms with van der Waals surface area (Å²) in [6, 6.07) is 4.94. The number of hydrogen-bond acceptors (Lipinski definition) is 4. The van der Waals surface area contributed by atoms with E-state index >= 15 is 0 Å². The minimum absolute atomic E-state index is 0.0524. The van der Waals surface area contributed by atoms with Crippen molar-refractivity contribution in [3.05, 3.63) is 34.9 Å². The number of nitrogens with zero attached hydrogens (tertiary/aromatic N) is 1. The summed E-state index contributed by atoms with van der Waals surface area (Å²) >= 11 is 6.00. The Balaban J connectivity index is 2.18. The Hall–Kier alpha value is -1.53. The predicted octanol–water partition coefficient (Wildman–Crippen LogP) is 3.18. The van der Waals surface area contributed by atoms with E-state index in [0.717, 1.165) is 12.8 Å². The van der Waals surface area contributed by atoms with Gasteiger partial charge in [0, 0.05) is 29.2 Å².